The van der Waals surface area contributed by atoms with Crippen molar-refractivity contribution in [3.63, 3.8) is 0 Å². The molecule has 1 amide bonds. The van der Waals surface area contributed by atoms with E-state index in [1.165, 1.54) is 29.7 Å². The van der Waals surface area contributed by atoms with Crippen LogP contribution >= 0.6 is 23.2 Å². The number of halogens is 2. The summed E-state index contributed by atoms with van der Waals surface area (Å²) in [7, 11) is -3.90. The second kappa shape index (κ2) is 14.3. The molecule has 214 valence electrons. The molecule has 2 aromatic carbocycles. The molecular weight excluding hydrogens is 579 g/mol. The second-order valence-electron chi connectivity index (χ2n) is 8.92. The first-order valence-corrected chi connectivity index (χ1v) is 15.0. The highest BCUT2D eigenvalue weighted by Gasteiger charge is 2.17. The first-order chi connectivity index (χ1) is 19.0. The normalized spacial score (nSPS) is 11.2. The Morgan fingerprint density at radius 1 is 1.00 bits per heavy atom. The van der Waals surface area contributed by atoms with Crippen LogP contribution in [0.1, 0.15) is 47.4 Å². The van der Waals surface area contributed by atoms with Gasteiger partial charge >= 0.3 is 5.97 Å². The SMILES string of the molecule is CCc1cccc(OCc2c(Cl)cc(Cl)c(=O)n2CCc2ccc(C(=O)NS(=O)(=O)CCCOC(C)=O)cc2)c1. The van der Waals surface area contributed by atoms with Crippen LogP contribution in [0.25, 0.3) is 0 Å². The average molecular weight is 610 g/mol. The van der Waals surface area contributed by atoms with Crippen molar-refractivity contribution >= 4 is 45.1 Å². The highest BCUT2D eigenvalue weighted by atomic mass is 35.5. The summed E-state index contributed by atoms with van der Waals surface area (Å²) < 4.78 is 38.4. The van der Waals surface area contributed by atoms with Crippen LogP contribution < -0.4 is 15.0 Å². The molecule has 40 heavy (non-hydrogen) atoms. The predicted molar refractivity (Wildman–Crippen MR) is 154 cm³/mol. The Kier molecular flexibility index (Phi) is 11.2. The summed E-state index contributed by atoms with van der Waals surface area (Å²) in [5.41, 5.74) is 2.14. The third kappa shape index (κ3) is 9.11. The van der Waals surface area contributed by atoms with Gasteiger partial charge in [-0.1, -0.05) is 54.4 Å². The fourth-order valence-corrected chi connectivity index (χ4v) is 5.34. The molecule has 0 atom stereocenters. The molecule has 3 rings (SSSR count). The van der Waals surface area contributed by atoms with Gasteiger partial charge in [0.1, 0.15) is 17.4 Å². The van der Waals surface area contributed by atoms with E-state index >= 15 is 0 Å². The number of aromatic nitrogens is 1. The zero-order valence-corrected chi connectivity index (χ0v) is 24.4. The molecule has 12 heteroatoms. The molecule has 0 spiro atoms. The van der Waals surface area contributed by atoms with E-state index in [0.717, 1.165) is 17.5 Å². The maximum absolute atomic E-state index is 12.9. The van der Waals surface area contributed by atoms with Crippen molar-refractivity contribution in [3.05, 3.63) is 97.4 Å². The molecule has 0 bridgehead atoms. The van der Waals surface area contributed by atoms with Gasteiger partial charge in [-0.05, 0) is 60.7 Å². The van der Waals surface area contributed by atoms with Gasteiger partial charge in [0.2, 0.25) is 10.0 Å². The van der Waals surface area contributed by atoms with Crippen molar-refractivity contribution in [1.29, 1.82) is 0 Å². The molecule has 0 aliphatic rings. The van der Waals surface area contributed by atoms with Crippen molar-refractivity contribution in [2.45, 2.75) is 46.3 Å². The number of carbonyl (C=O) groups excluding carboxylic acids is 2. The van der Waals surface area contributed by atoms with Crippen LogP contribution in [0.3, 0.4) is 0 Å². The Morgan fingerprint density at radius 2 is 1.73 bits per heavy atom. The fourth-order valence-electron chi connectivity index (χ4n) is 3.81. The summed E-state index contributed by atoms with van der Waals surface area (Å²) in [5, 5.41) is 0.292. The Bertz CT molecular complexity index is 1520. The number of aryl methyl sites for hydroxylation is 2. The minimum Gasteiger partial charge on any atom is -0.487 e. The molecular formula is C28H30Cl2N2O7S. The molecule has 0 saturated heterocycles. The van der Waals surface area contributed by atoms with Crippen LogP contribution in [-0.4, -0.2) is 37.2 Å². The van der Waals surface area contributed by atoms with Crippen LogP contribution in [0.4, 0.5) is 0 Å². The number of carbonyl (C=O) groups is 2. The first-order valence-electron chi connectivity index (χ1n) is 12.6. The van der Waals surface area contributed by atoms with E-state index in [1.54, 1.807) is 12.1 Å². The summed E-state index contributed by atoms with van der Waals surface area (Å²) in [6.45, 7) is 3.52. The molecule has 0 aliphatic carbocycles. The molecule has 1 aromatic heterocycles. The van der Waals surface area contributed by atoms with Gasteiger partial charge in [0, 0.05) is 19.0 Å². The first kappa shape index (κ1) is 31.2. The van der Waals surface area contributed by atoms with Crippen molar-refractivity contribution < 1.29 is 27.5 Å². The van der Waals surface area contributed by atoms with Crippen molar-refractivity contribution in [2.24, 2.45) is 0 Å². The lowest BCUT2D eigenvalue weighted by atomic mass is 10.1. The van der Waals surface area contributed by atoms with Crippen molar-refractivity contribution in [3.8, 4) is 5.75 Å². The Balaban J connectivity index is 1.65. The van der Waals surface area contributed by atoms with E-state index in [0.29, 0.717) is 22.9 Å². The average Bonchev–Trinajstić information content (AvgIpc) is 2.91. The van der Waals surface area contributed by atoms with E-state index < -0.39 is 27.5 Å². The lowest BCUT2D eigenvalue weighted by Gasteiger charge is -2.16. The Morgan fingerprint density at radius 3 is 2.40 bits per heavy atom. The molecule has 1 heterocycles. The van der Waals surface area contributed by atoms with Gasteiger partial charge in [-0.25, -0.2) is 13.1 Å². The number of sulfonamides is 1. The molecule has 3 aromatic rings. The minimum absolute atomic E-state index is 0.0113. The van der Waals surface area contributed by atoms with Crippen LogP contribution in [0.5, 0.6) is 5.75 Å². The third-order valence-electron chi connectivity index (χ3n) is 5.94. The molecule has 1 N–H and O–H groups in total. The molecule has 0 fully saturated rings. The summed E-state index contributed by atoms with van der Waals surface area (Å²) in [6.07, 6.45) is 1.33. The molecule has 9 nitrogen and oxygen atoms in total. The van der Waals surface area contributed by atoms with Gasteiger partial charge in [-0.2, -0.15) is 0 Å². The van der Waals surface area contributed by atoms with Gasteiger partial charge in [-0.3, -0.25) is 14.4 Å². The zero-order chi connectivity index (χ0) is 29.3. The smallest absolute Gasteiger partial charge is 0.302 e. The zero-order valence-electron chi connectivity index (χ0n) is 22.1. The van der Waals surface area contributed by atoms with Crippen molar-refractivity contribution in [1.82, 2.24) is 9.29 Å². The van der Waals surface area contributed by atoms with Gasteiger partial charge < -0.3 is 14.0 Å². The maximum Gasteiger partial charge on any atom is 0.302 e. The number of pyridine rings is 1. The number of nitrogens with zero attached hydrogens (tertiary/aromatic N) is 1. The highest BCUT2D eigenvalue weighted by Crippen LogP contribution is 2.22. The third-order valence-corrected chi connectivity index (χ3v) is 7.86. The summed E-state index contributed by atoms with van der Waals surface area (Å²) in [4.78, 5) is 36.1. The molecule has 0 unspecified atom stereocenters. The largest absolute Gasteiger partial charge is 0.487 e. The van der Waals surface area contributed by atoms with Crippen LogP contribution in [-0.2, 0) is 45.5 Å². The molecule has 0 saturated carbocycles. The predicted octanol–water partition coefficient (Wildman–Crippen LogP) is 4.55. The van der Waals surface area contributed by atoms with E-state index in [1.807, 2.05) is 35.9 Å². The standard InChI is InChI=1S/C28H30Cl2N2O7S/c1-3-20-6-4-7-23(16-20)39-18-26-24(29)17-25(30)28(35)32(26)13-12-21-8-10-22(11-9-21)27(34)31-40(36,37)15-5-14-38-19(2)33/h4,6-11,16-17H,3,5,12-15,18H2,1-2H3,(H,31,34). The lowest BCUT2D eigenvalue weighted by Crippen LogP contribution is -2.33. The van der Waals surface area contributed by atoms with E-state index in [4.69, 9.17) is 32.7 Å². The number of rotatable bonds is 13. The lowest BCUT2D eigenvalue weighted by molar-refractivity contribution is -0.140. The summed E-state index contributed by atoms with van der Waals surface area (Å²) in [6, 6.07) is 15.4. The van der Waals surface area contributed by atoms with E-state index in [9.17, 15) is 22.8 Å². The maximum atomic E-state index is 12.9. The van der Waals surface area contributed by atoms with Gasteiger partial charge in [0.25, 0.3) is 11.5 Å². The number of benzene rings is 2. The van der Waals surface area contributed by atoms with Crippen molar-refractivity contribution in [2.75, 3.05) is 12.4 Å². The quantitative estimate of drug-likeness (QED) is 0.223. The van der Waals surface area contributed by atoms with E-state index in [-0.39, 0.29) is 42.5 Å². The van der Waals surface area contributed by atoms with Crippen LogP contribution in [0.2, 0.25) is 10.0 Å². The second-order valence-corrected chi connectivity index (χ2v) is 11.6. The van der Waals surface area contributed by atoms with Gasteiger partial charge in [-0.15, -0.1) is 0 Å². The number of hydrogen-bond acceptors (Lipinski definition) is 7. The van der Waals surface area contributed by atoms with Gasteiger partial charge in [0.15, 0.2) is 0 Å². The van der Waals surface area contributed by atoms with E-state index in [2.05, 4.69) is 0 Å². The number of nitrogens with one attached hydrogen (secondary N) is 1. The molecule has 0 aliphatic heterocycles. The number of amides is 1. The number of ether oxygens (including phenoxy) is 2. The number of hydrogen-bond donors (Lipinski definition) is 1. The summed E-state index contributed by atoms with van der Waals surface area (Å²) >= 11 is 12.6. The summed E-state index contributed by atoms with van der Waals surface area (Å²) in [5.74, 6) is -0.989. The minimum atomic E-state index is -3.90. The Labute approximate surface area is 243 Å². The number of esters is 1. The monoisotopic (exact) mass is 608 g/mol. The molecule has 0 radical (unpaired) electrons. The fraction of sp³-hybridized carbons (Fsp3) is 0.321. The highest BCUT2D eigenvalue weighted by molar-refractivity contribution is 7.90. The van der Waals surface area contributed by atoms with Crippen LogP contribution in [0.15, 0.2) is 59.4 Å². The Hall–Kier alpha value is -3.34. The topological polar surface area (TPSA) is 121 Å². The van der Waals surface area contributed by atoms with Crippen LogP contribution in [0, 0.1) is 0 Å². The van der Waals surface area contributed by atoms with Gasteiger partial charge in [0.05, 0.1) is 23.1 Å².